The lowest BCUT2D eigenvalue weighted by molar-refractivity contribution is -0.124. The van der Waals surface area contributed by atoms with Gasteiger partial charge < -0.3 is 10.1 Å². The zero-order valence-electron chi connectivity index (χ0n) is 15.2. The van der Waals surface area contributed by atoms with Gasteiger partial charge in [0.2, 0.25) is 10.0 Å². The van der Waals surface area contributed by atoms with Crippen molar-refractivity contribution in [1.29, 1.82) is 5.26 Å². The second-order valence-electron chi connectivity index (χ2n) is 5.81. The summed E-state index contributed by atoms with van der Waals surface area (Å²) in [6, 6.07) is 13.9. The second kappa shape index (κ2) is 10.6. The smallest absolute Gasteiger partial charge is 0.338 e. The lowest BCUT2D eigenvalue weighted by Crippen LogP contribution is -2.28. The van der Waals surface area contributed by atoms with Crippen LogP contribution in [0, 0.1) is 11.3 Å². The molecule has 2 N–H and O–H groups in total. The average Bonchev–Trinajstić information content (AvgIpc) is 2.70. The van der Waals surface area contributed by atoms with E-state index in [1.807, 2.05) is 6.07 Å². The topological polar surface area (TPSA) is 125 Å². The van der Waals surface area contributed by atoms with E-state index in [0.717, 1.165) is 5.56 Å². The Balaban J connectivity index is 1.84. The molecule has 2 rings (SSSR count). The molecule has 29 heavy (non-hydrogen) atoms. The van der Waals surface area contributed by atoms with Crippen molar-refractivity contribution in [1.82, 2.24) is 10.0 Å². The highest BCUT2D eigenvalue weighted by Crippen LogP contribution is 2.12. The number of hydrogen-bond acceptors (Lipinski definition) is 6. The van der Waals surface area contributed by atoms with E-state index >= 15 is 0 Å². The van der Waals surface area contributed by atoms with Crippen molar-refractivity contribution in [2.75, 3.05) is 13.2 Å². The molecule has 0 aliphatic rings. The van der Waals surface area contributed by atoms with Crippen molar-refractivity contribution < 1.29 is 22.7 Å². The van der Waals surface area contributed by atoms with Gasteiger partial charge in [0, 0.05) is 24.5 Å². The molecule has 1 amide bonds. The van der Waals surface area contributed by atoms with Crippen molar-refractivity contribution in [3.63, 3.8) is 0 Å². The van der Waals surface area contributed by atoms with E-state index in [1.165, 1.54) is 24.3 Å². The van der Waals surface area contributed by atoms with Gasteiger partial charge in [-0.15, -0.1) is 0 Å². The molecule has 2 aromatic rings. The van der Waals surface area contributed by atoms with Crippen molar-refractivity contribution in [3.8, 4) is 6.07 Å². The van der Waals surface area contributed by atoms with E-state index < -0.39 is 28.5 Å². The molecule has 0 fully saturated rings. The maximum atomic E-state index is 12.0. The number of halogens is 1. The molecule has 0 spiro atoms. The van der Waals surface area contributed by atoms with E-state index in [4.69, 9.17) is 21.6 Å². The van der Waals surface area contributed by atoms with E-state index in [9.17, 15) is 18.0 Å². The van der Waals surface area contributed by atoms with Crippen molar-refractivity contribution in [2.45, 2.75) is 17.9 Å². The Bertz CT molecular complexity index is 1020. The van der Waals surface area contributed by atoms with Crippen LogP contribution < -0.4 is 10.0 Å². The Hall–Kier alpha value is -2.93. The Morgan fingerprint density at radius 2 is 1.86 bits per heavy atom. The van der Waals surface area contributed by atoms with Crippen LogP contribution in [-0.4, -0.2) is 33.4 Å². The molecule has 0 aromatic heterocycles. The van der Waals surface area contributed by atoms with Gasteiger partial charge in [-0.1, -0.05) is 23.7 Å². The summed E-state index contributed by atoms with van der Waals surface area (Å²) in [4.78, 5) is 23.8. The Kier molecular flexibility index (Phi) is 8.15. The van der Waals surface area contributed by atoms with Crippen LogP contribution in [0.1, 0.15) is 22.3 Å². The first-order chi connectivity index (χ1) is 13.8. The maximum Gasteiger partial charge on any atom is 0.338 e. The van der Waals surface area contributed by atoms with Gasteiger partial charge in [0.05, 0.1) is 16.5 Å². The standard InChI is InChI=1S/C19H18ClN3O5S/c20-16-4-1-3-14(11-16)12-22-18(24)13-28-19(25)15-5-7-17(8-6-15)29(26,27)23-10-2-9-21/h1,3-8,11,23H,2,10,12-13H2,(H,22,24). The minimum Gasteiger partial charge on any atom is -0.452 e. The van der Waals surface area contributed by atoms with E-state index in [1.54, 1.807) is 24.3 Å². The van der Waals surface area contributed by atoms with E-state index in [2.05, 4.69) is 10.0 Å². The number of nitriles is 1. The van der Waals surface area contributed by atoms with Gasteiger partial charge in [-0.3, -0.25) is 4.79 Å². The number of esters is 1. The van der Waals surface area contributed by atoms with Gasteiger partial charge in [0.15, 0.2) is 6.61 Å². The van der Waals surface area contributed by atoms with Gasteiger partial charge in [-0.05, 0) is 42.0 Å². The highest BCUT2D eigenvalue weighted by Gasteiger charge is 2.15. The van der Waals surface area contributed by atoms with Crippen LogP contribution in [0.15, 0.2) is 53.4 Å². The first-order valence-corrected chi connectivity index (χ1v) is 10.3. The number of rotatable bonds is 9. The third kappa shape index (κ3) is 7.19. The molecule has 0 radical (unpaired) electrons. The number of nitrogens with one attached hydrogen (secondary N) is 2. The van der Waals surface area contributed by atoms with E-state index in [0.29, 0.717) is 5.02 Å². The number of carbonyl (C=O) groups excluding carboxylic acids is 2. The zero-order valence-corrected chi connectivity index (χ0v) is 16.8. The number of hydrogen-bond donors (Lipinski definition) is 2. The quantitative estimate of drug-likeness (QED) is 0.458. The van der Waals surface area contributed by atoms with Gasteiger partial charge in [-0.25, -0.2) is 17.9 Å². The number of ether oxygens (including phenoxy) is 1. The van der Waals surface area contributed by atoms with E-state index in [-0.39, 0.29) is 30.0 Å². The second-order valence-corrected chi connectivity index (χ2v) is 8.02. The summed E-state index contributed by atoms with van der Waals surface area (Å²) in [5.41, 5.74) is 0.904. The highest BCUT2D eigenvalue weighted by atomic mass is 35.5. The molecule has 2 aromatic carbocycles. The third-order valence-corrected chi connectivity index (χ3v) is 5.35. The summed E-state index contributed by atoms with van der Waals surface area (Å²) < 4.78 is 31.2. The molecule has 8 nitrogen and oxygen atoms in total. The maximum absolute atomic E-state index is 12.0. The lowest BCUT2D eigenvalue weighted by Gasteiger charge is -2.08. The van der Waals surface area contributed by atoms with Crippen LogP contribution >= 0.6 is 11.6 Å². The van der Waals surface area contributed by atoms with Crippen LogP contribution in [0.2, 0.25) is 5.02 Å². The fourth-order valence-corrected chi connectivity index (χ4v) is 3.45. The van der Waals surface area contributed by atoms with Crippen LogP contribution in [0.25, 0.3) is 0 Å². The molecular weight excluding hydrogens is 418 g/mol. The van der Waals surface area contributed by atoms with Crippen molar-refractivity contribution >= 4 is 33.5 Å². The lowest BCUT2D eigenvalue weighted by atomic mass is 10.2. The summed E-state index contributed by atoms with van der Waals surface area (Å²) in [7, 11) is -3.76. The van der Waals surface area contributed by atoms with Gasteiger partial charge in [0.25, 0.3) is 5.91 Å². The molecule has 0 heterocycles. The van der Waals surface area contributed by atoms with Gasteiger partial charge in [-0.2, -0.15) is 5.26 Å². The fourth-order valence-electron chi connectivity index (χ4n) is 2.21. The molecule has 0 aliphatic carbocycles. The Labute approximate surface area is 173 Å². The summed E-state index contributed by atoms with van der Waals surface area (Å²) in [5, 5.41) is 11.6. The molecule has 0 unspecified atom stereocenters. The zero-order chi connectivity index (χ0) is 21.3. The summed E-state index contributed by atoms with van der Waals surface area (Å²) in [6.07, 6.45) is 0.0447. The number of amides is 1. The summed E-state index contributed by atoms with van der Waals surface area (Å²) in [5.74, 6) is -1.25. The summed E-state index contributed by atoms with van der Waals surface area (Å²) >= 11 is 5.87. The number of benzene rings is 2. The SMILES string of the molecule is N#CCCNS(=O)(=O)c1ccc(C(=O)OCC(=O)NCc2cccc(Cl)c2)cc1. The minimum absolute atomic E-state index is 0.00702. The molecule has 0 atom stereocenters. The van der Waals surface area contributed by atoms with Crippen LogP contribution in [0.5, 0.6) is 0 Å². The highest BCUT2D eigenvalue weighted by molar-refractivity contribution is 7.89. The number of sulfonamides is 1. The number of carbonyl (C=O) groups is 2. The average molecular weight is 436 g/mol. The van der Waals surface area contributed by atoms with Crippen molar-refractivity contribution in [3.05, 3.63) is 64.7 Å². The molecule has 152 valence electrons. The first-order valence-electron chi connectivity index (χ1n) is 8.47. The van der Waals surface area contributed by atoms with Gasteiger partial charge >= 0.3 is 5.97 Å². The Morgan fingerprint density at radius 1 is 1.14 bits per heavy atom. The predicted molar refractivity (Wildman–Crippen MR) is 105 cm³/mol. The third-order valence-electron chi connectivity index (χ3n) is 3.64. The summed E-state index contributed by atoms with van der Waals surface area (Å²) in [6.45, 7) is -0.246. The monoisotopic (exact) mass is 435 g/mol. The van der Waals surface area contributed by atoms with Crippen molar-refractivity contribution in [2.24, 2.45) is 0 Å². The molecular formula is C19H18ClN3O5S. The van der Waals surface area contributed by atoms with Gasteiger partial charge in [0.1, 0.15) is 0 Å². The molecule has 0 saturated carbocycles. The van der Waals surface area contributed by atoms with Crippen LogP contribution in [0.3, 0.4) is 0 Å². The largest absolute Gasteiger partial charge is 0.452 e. The molecule has 0 saturated heterocycles. The van der Waals surface area contributed by atoms with Crippen LogP contribution in [0.4, 0.5) is 0 Å². The first kappa shape index (κ1) is 22.4. The normalized spacial score (nSPS) is 10.8. The van der Waals surface area contributed by atoms with Crippen LogP contribution in [-0.2, 0) is 26.1 Å². The molecule has 0 aliphatic heterocycles. The Morgan fingerprint density at radius 3 is 2.52 bits per heavy atom. The molecule has 10 heteroatoms. The number of nitrogens with zero attached hydrogens (tertiary/aromatic N) is 1. The fraction of sp³-hybridized carbons (Fsp3) is 0.211. The molecule has 0 bridgehead atoms. The minimum atomic E-state index is -3.76. The predicted octanol–water partition coefficient (Wildman–Crippen LogP) is 2.01.